The van der Waals surface area contributed by atoms with Crippen molar-refractivity contribution in [2.75, 3.05) is 18.0 Å². The van der Waals surface area contributed by atoms with Crippen molar-refractivity contribution >= 4 is 17.3 Å². The first-order valence-electron chi connectivity index (χ1n) is 7.42. The number of thiazole rings is 1. The summed E-state index contributed by atoms with van der Waals surface area (Å²) in [6.45, 7) is 6.30. The van der Waals surface area contributed by atoms with Gasteiger partial charge in [-0.05, 0) is 32.8 Å². The van der Waals surface area contributed by atoms with E-state index < -0.39 is 0 Å². The number of anilines is 1. The molecule has 6 heteroatoms. The van der Waals surface area contributed by atoms with E-state index in [0.29, 0.717) is 12.1 Å². The predicted octanol–water partition coefficient (Wildman–Crippen LogP) is 2.56. The van der Waals surface area contributed by atoms with Crippen LogP contribution in [-0.4, -0.2) is 34.1 Å². The third-order valence-electron chi connectivity index (χ3n) is 3.92. The van der Waals surface area contributed by atoms with E-state index in [-0.39, 0.29) is 0 Å². The van der Waals surface area contributed by atoms with Crippen LogP contribution in [0, 0.1) is 6.92 Å². The molecule has 0 aromatic carbocycles. The second-order valence-electron chi connectivity index (χ2n) is 5.52. The Hall–Kier alpha value is -1.53. The normalized spacial score (nSPS) is 20.5. The van der Waals surface area contributed by atoms with E-state index in [1.165, 1.54) is 17.7 Å². The molecule has 1 N–H and O–H groups in total. The third kappa shape index (κ3) is 3.39. The predicted molar refractivity (Wildman–Crippen MR) is 85.7 cm³/mol. The minimum Gasteiger partial charge on any atom is -0.339 e. The molecule has 112 valence electrons. The molecule has 0 aliphatic carbocycles. The average molecular weight is 303 g/mol. The Morgan fingerprint density at radius 1 is 1.33 bits per heavy atom. The Morgan fingerprint density at radius 3 is 2.86 bits per heavy atom. The average Bonchev–Trinajstić information content (AvgIpc) is 2.95. The number of aryl methyl sites for hydroxylation is 1. The van der Waals surface area contributed by atoms with Gasteiger partial charge in [0.25, 0.3) is 0 Å². The van der Waals surface area contributed by atoms with Gasteiger partial charge in [0, 0.05) is 42.4 Å². The second kappa shape index (κ2) is 6.49. The lowest BCUT2D eigenvalue weighted by Gasteiger charge is -2.34. The molecular formula is C15H21N5S. The van der Waals surface area contributed by atoms with Gasteiger partial charge >= 0.3 is 0 Å². The first-order chi connectivity index (χ1) is 10.2. The summed E-state index contributed by atoms with van der Waals surface area (Å²) >= 11 is 1.73. The lowest BCUT2D eigenvalue weighted by molar-refractivity contribution is 0.387. The first kappa shape index (κ1) is 14.4. The Bertz CT molecular complexity index is 570. The summed E-state index contributed by atoms with van der Waals surface area (Å²) in [5, 5.41) is 3.73. The molecule has 0 bridgehead atoms. The molecule has 1 aliphatic rings. The fourth-order valence-corrected chi connectivity index (χ4v) is 3.72. The number of piperidine rings is 1. The SMILES string of the molecule is Cc1ncsc1C(C)NC1CCCN(c2ncccn2)C1. The van der Waals surface area contributed by atoms with Crippen LogP contribution in [0.5, 0.6) is 0 Å². The van der Waals surface area contributed by atoms with Gasteiger partial charge in [0.05, 0.1) is 11.2 Å². The Balaban J connectivity index is 1.63. The van der Waals surface area contributed by atoms with E-state index in [4.69, 9.17) is 0 Å². The van der Waals surface area contributed by atoms with Crippen LogP contribution >= 0.6 is 11.3 Å². The molecule has 5 nitrogen and oxygen atoms in total. The Morgan fingerprint density at radius 2 is 2.14 bits per heavy atom. The van der Waals surface area contributed by atoms with Gasteiger partial charge in [-0.25, -0.2) is 15.0 Å². The van der Waals surface area contributed by atoms with Crippen molar-refractivity contribution in [1.82, 2.24) is 20.3 Å². The lowest BCUT2D eigenvalue weighted by Crippen LogP contribution is -2.47. The van der Waals surface area contributed by atoms with Crippen molar-refractivity contribution in [2.24, 2.45) is 0 Å². The zero-order valence-electron chi connectivity index (χ0n) is 12.5. The standard InChI is InChI=1S/C15H21N5S/c1-11-14(21-10-18-11)12(2)19-13-5-3-8-20(9-13)15-16-6-4-7-17-15/h4,6-7,10,12-13,19H,3,5,8-9H2,1-2H3. The van der Waals surface area contributed by atoms with Gasteiger partial charge in [0.2, 0.25) is 5.95 Å². The summed E-state index contributed by atoms with van der Waals surface area (Å²) in [6, 6.07) is 2.68. The quantitative estimate of drug-likeness (QED) is 0.941. The largest absolute Gasteiger partial charge is 0.339 e. The smallest absolute Gasteiger partial charge is 0.225 e. The van der Waals surface area contributed by atoms with E-state index in [0.717, 1.165) is 24.7 Å². The summed E-state index contributed by atoms with van der Waals surface area (Å²) in [7, 11) is 0. The molecule has 2 aromatic rings. The number of nitrogens with one attached hydrogen (secondary N) is 1. The molecule has 1 aliphatic heterocycles. The number of hydrogen-bond acceptors (Lipinski definition) is 6. The molecule has 1 saturated heterocycles. The van der Waals surface area contributed by atoms with Crippen LogP contribution in [0.2, 0.25) is 0 Å². The number of rotatable bonds is 4. The van der Waals surface area contributed by atoms with Crippen molar-refractivity contribution in [3.05, 3.63) is 34.5 Å². The molecule has 1 fully saturated rings. The van der Waals surface area contributed by atoms with E-state index in [9.17, 15) is 0 Å². The van der Waals surface area contributed by atoms with Crippen LogP contribution in [0.3, 0.4) is 0 Å². The molecule has 3 rings (SSSR count). The van der Waals surface area contributed by atoms with E-state index in [1.54, 1.807) is 11.3 Å². The molecule has 0 amide bonds. The van der Waals surface area contributed by atoms with Gasteiger partial charge in [0.15, 0.2) is 0 Å². The highest BCUT2D eigenvalue weighted by molar-refractivity contribution is 7.09. The van der Waals surface area contributed by atoms with Crippen molar-refractivity contribution in [3.63, 3.8) is 0 Å². The molecule has 2 unspecified atom stereocenters. The maximum Gasteiger partial charge on any atom is 0.225 e. The minimum atomic E-state index is 0.346. The lowest BCUT2D eigenvalue weighted by atomic mass is 10.0. The molecule has 3 heterocycles. The van der Waals surface area contributed by atoms with E-state index in [1.807, 2.05) is 24.0 Å². The Labute approximate surface area is 129 Å². The molecule has 21 heavy (non-hydrogen) atoms. The van der Waals surface area contributed by atoms with Crippen molar-refractivity contribution < 1.29 is 0 Å². The van der Waals surface area contributed by atoms with Crippen molar-refractivity contribution in [2.45, 2.75) is 38.8 Å². The highest BCUT2D eigenvalue weighted by Gasteiger charge is 2.23. The maximum atomic E-state index is 4.36. The van der Waals surface area contributed by atoms with E-state index in [2.05, 4.69) is 39.0 Å². The maximum absolute atomic E-state index is 4.36. The summed E-state index contributed by atoms with van der Waals surface area (Å²) in [4.78, 5) is 16.7. The topological polar surface area (TPSA) is 53.9 Å². The van der Waals surface area contributed by atoms with Gasteiger partial charge in [0.1, 0.15) is 0 Å². The molecule has 0 radical (unpaired) electrons. The van der Waals surface area contributed by atoms with Gasteiger partial charge in [-0.2, -0.15) is 0 Å². The summed E-state index contributed by atoms with van der Waals surface area (Å²) in [6.07, 6.45) is 5.99. The zero-order chi connectivity index (χ0) is 14.7. The highest BCUT2D eigenvalue weighted by atomic mass is 32.1. The van der Waals surface area contributed by atoms with Crippen LogP contribution in [0.4, 0.5) is 5.95 Å². The fraction of sp³-hybridized carbons (Fsp3) is 0.533. The van der Waals surface area contributed by atoms with Crippen molar-refractivity contribution in [3.8, 4) is 0 Å². The number of nitrogens with zero attached hydrogens (tertiary/aromatic N) is 4. The van der Waals surface area contributed by atoms with E-state index >= 15 is 0 Å². The molecule has 0 spiro atoms. The summed E-state index contributed by atoms with van der Waals surface area (Å²) in [5.41, 5.74) is 3.06. The van der Waals surface area contributed by atoms with Gasteiger partial charge < -0.3 is 10.2 Å². The second-order valence-corrected chi connectivity index (χ2v) is 6.41. The number of hydrogen-bond donors (Lipinski definition) is 1. The van der Waals surface area contributed by atoms with Crippen LogP contribution in [0.25, 0.3) is 0 Å². The third-order valence-corrected chi connectivity index (χ3v) is 5.03. The van der Waals surface area contributed by atoms with Crippen LogP contribution in [0.1, 0.15) is 36.4 Å². The highest BCUT2D eigenvalue weighted by Crippen LogP contribution is 2.23. The van der Waals surface area contributed by atoms with Crippen LogP contribution < -0.4 is 10.2 Å². The molecule has 0 saturated carbocycles. The Kier molecular flexibility index (Phi) is 4.45. The monoisotopic (exact) mass is 303 g/mol. The number of aromatic nitrogens is 3. The summed E-state index contributed by atoms with van der Waals surface area (Å²) in [5.74, 6) is 0.839. The van der Waals surface area contributed by atoms with Gasteiger partial charge in [-0.15, -0.1) is 11.3 Å². The fourth-order valence-electron chi connectivity index (χ4n) is 2.91. The van der Waals surface area contributed by atoms with Gasteiger partial charge in [-0.1, -0.05) is 0 Å². The molecule has 2 atom stereocenters. The van der Waals surface area contributed by atoms with Crippen molar-refractivity contribution in [1.29, 1.82) is 0 Å². The van der Waals surface area contributed by atoms with Crippen LogP contribution in [0.15, 0.2) is 24.0 Å². The van der Waals surface area contributed by atoms with Gasteiger partial charge in [-0.3, -0.25) is 0 Å². The first-order valence-corrected chi connectivity index (χ1v) is 8.30. The van der Waals surface area contributed by atoms with Crippen LogP contribution in [-0.2, 0) is 0 Å². The zero-order valence-corrected chi connectivity index (χ0v) is 13.3. The molecular weight excluding hydrogens is 282 g/mol. The summed E-state index contributed by atoms with van der Waals surface area (Å²) < 4.78 is 0. The minimum absolute atomic E-state index is 0.346. The molecule has 2 aromatic heterocycles.